The van der Waals surface area contributed by atoms with Crippen LogP contribution in [-0.2, 0) is 16.6 Å². The zero-order valence-corrected chi connectivity index (χ0v) is 14.9. The van der Waals surface area contributed by atoms with Gasteiger partial charge in [0.25, 0.3) is 0 Å². The molecule has 1 amide bonds. The minimum atomic E-state index is -1.51. The van der Waals surface area contributed by atoms with E-state index in [1.807, 2.05) is 54.6 Å². The van der Waals surface area contributed by atoms with Crippen LogP contribution < -0.4 is 4.90 Å². The van der Waals surface area contributed by atoms with Gasteiger partial charge >= 0.3 is 0 Å². The molecular weight excluding hydrogens is 353 g/mol. The highest BCUT2D eigenvalue weighted by molar-refractivity contribution is 6.67. The molecule has 0 aliphatic carbocycles. The number of hydrogen-bond donors (Lipinski definition) is 0. The lowest BCUT2D eigenvalue weighted by molar-refractivity contribution is -0.123. The van der Waals surface area contributed by atoms with Gasteiger partial charge < -0.3 is 4.90 Å². The monoisotopic (exact) mass is 367 g/mol. The summed E-state index contributed by atoms with van der Waals surface area (Å²) in [6.45, 7) is 0. The molecule has 23 heavy (non-hydrogen) atoms. The van der Waals surface area contributed by atoms with E-state index in [2.05, 4.69) is 0 Å². The molecule has 2 nitrogen and oxygen atoms in total. The van der Waals surface area contributed by atoms with Gasteiger partial charge in [0.15, 0.2) is 3.79 Å². The van der Waals surface area contributed by atoms with Crippen LogP contribution in [0.4, 0.5) is 5.69 Å². The van der Waals surface area contributed by atoms with Gasteiger partial charge in [0, 0.05) is 19.2 Å². The molecule has 0 fully saturated rings. The summed E-state index contributed by atoms with van der Waals surface area (Å²) in [5, 5.41) is 0. The minimum Gasteiger partial charge on any atom is -0.314 e. The molecule has 1 aliphatic heterocycles. The smallest absolute Gasteiger partial charge is 0.237 e. The van der Waals surface area contributed by atoms with Gasteiger partial charge in [-0.3, -0.25) is 4.79 Å². The molecule has 0 saturated carbocycles. The number of benzene rings is 2. The molecule has 0 radical (unpaired) electrons. The van der Waals surface area contributed by atoms with Gasteiger partial charge in [-0.05, 0) is 23.6 Å². The number of alkyl halides is 3. The minimum absolute atomic E-state index is 0.0334. The third kappa shape index (κ3) is 3.08. The van der Waals surface area contributed by atoms with Gasteiger partial charge in [0.1, 0.15) is 0 Å². The summed E-state index contributed by atoms with van der Waals surface area (Å²) in [6.07, 6.45) is 0.641. The number of nitrogens with zero attached hydrogens (tertiary/aromatic N) is 1. The first kappa shape index (κ1) is 16.6. The van der Waals surface area contributed by atoms with Crippen LogP contribution in [-0.4, -0.2) is 16.7 Å². The third-order valence-corrected chi connectivity index (χ3v) is 4.75. The first-order valence-electron chi connectivity index (χ1n) is 7.32. The number of carbonyl (C=O) groups excluding carboxylic acids is 1. The van der Waals surface area contributed by atoms with E-state index in [0.717, 1.165) is 16.8 Å². The van der Waals surface area contributed by atoms with E-state index >= 15 is 0 Å². The van der Waals surface area contributed by atoms with E-state index in [-0.39, 0.29) is 12.3 Å². The predicted molar refractivity (Wildman–Crippen MR) is 96.6 cm³/mol. The van der Waals surface area contributed by atoms with Crippen molar-refractivity contribution in [2.75, 3.05) is 11.9 Å². The second kappa shape index (κ2) is 6.01. The van der Waals surface area contributed by atoms with Crippen molar-refractivity contribution in [1.29, 1.82) is 0 Å². The standard InChI is InChI=1S/C18H16Cl3NO/c1-22-15-10-6-5-9-14(15)17(16(22)23,12-18(19,20)21)11-13-7-3-2-4-8-13/h2-10H,11-12H2,1H3. The Bertz CT molecular complexity index is 727. The molecule has 5 heteroatoms. The van der Waals surface area contributed by atoms with Crippen molar-refractivity contribution < 1.29 is 4.79 Å². The van der Waals surface area contributed by atoms with Crippen molar-refractivity contribution in [3.8, 4) is 0 Å². The maximum atomic E-state index is 13.1. The Labute approximate surface area is 151 Å². The van der Waals surface area contributed by atoms with Gasteiger partial charge in [-0.2, -0.15) is 0 Å². The molecule has 1 unspecified atom stereocenters. The van der Waals surface area contributed by atoms with Crippen molar-refractivity contribution in [3.63, 3.8) is 0 Å². The summed E-state index contributed by atoms with van der Waals surface area (Å²) in [6, 6.07) is 17.6. The maximum absolute atomic E-state index is 13.1. The Kier molecular flexibility index (Phi) is 4.35. The molecule has 2 aromatic carbocycles. The first-order valence-corrected chi connectivity index (χ1v) is 8.45. The molecular formula is C18H16Cl3NO. The number of halogens is 3. The summed E-state index contributed by atoms with van der Waals surface area (Å²) in [5.74, 6) is -0.0334. The SMILES string of the molecule is CN1C(=O)C(Cc2ccccc2)(CC(Cl)(Cl)Cl)c2ccccc21. The van der Waals surface area contributed by atoms with E-state index in [1.165, 1.54) is 0 Å². The van der Waals surface area contributed by atoms with E-state index < -0.39 is 9.21 Å². The predicted octanol–water partition coefficient (Wildman–Crippen LogP) is 4.90. The molecule has 2 aromatic rings. The summed E-state index contributed by atoms with van der Waals surface area (Å²) < 4.78 is -1.51. The van der Waals surface area contributed by atoms with Gasteiger partial charge in [-0.1, -0.05) is 83.3 Å². The van der Waals surface area contributed by atoms with Crippen LogP contribution in [0, 0.1) is 0 Å². The first-order chi connectivity index (χ1) is 10.8. The largest absolute Gasteiger partial charge is 0.314 e. The summed E-state index contributed by atoms with van der Waals surface area (Å²) in [4.78, 5) is 14.8. The van der Waals surface area contributed by atoms with Crippen LogP contribution in [0.25, 0.3) is 0 Å². The molecule has 1 atom stereocenters. The highest BCUT2D eigenvalue weighted by Gasteiger charge is 2.52. The second-order valence-corrected chi connectivity index (χ2v) is 8.43. The number of carbonyl (C=O) groups is 1. The van der Waals surface area contributed by atoms with Crippen molar-refractivity contribution in [3.05, 3.63) is 65.7 Å². The fourth-order valence-corrected chi connectivity index (χ4v) is 4.09. The summed E-state index contributed by atoms with van der Waals surface area (Å²) in [5.41, 5.74) is 1.98. The average molecular weight is 369 g/mol. The molecule has 0 N–H and O–H groups in total. The van der Waals surface area contributed by atoms with Crippen LogP contribution in [0.3, 0.4) is 0 Å². The Balaban J connectivity index is 2.15. The highest BCUT2D eigenvalue weighted by atomic mass is 35.6. The fourth-order valence-electron chi connectivity index (χ4n) is 3.41. The highest BCUT2D eigenvalue weighted by Crippen LogP contribution is 2.50. The number of para-hydroxylation sites is 1. The number of amides is 1. The maximum Gasteiger partial charge on any atom is 0.237 e. The summed E-state index contributed by atoms with van der Waals surface area (Å²) in [7, 11) is 1.77. The molecule has 0 spiro atoms. The van der Waals surface area contributed by atoms with Crippen molar-refractivity contribution >= 4 is 46.4 Å². The van der Waals surface area contributed by atoms with Crippen molar-refractivity contribution in [2.24, 2.45) is 0 Å². The lowest BCUT2D eigenvalue weighted by Gasteiger charge is -2.31. The lowest BCUT2D eigenvalue weighted by atomic mass is 9.74. The van der Waals surface area contributed by atoms with Gasteiger partial charge in [-0.25, -0.2) is 0 Å². The zero-order chi connectivity index (χ0) is 16.7. The van der Waals surface area contributed by atoms with E-state index in [4.69, 9.17) is 34.8 Å². The van der Waals surface area contributed by atoms with E-state index in [0.29, 0.717) is 6.42 Å². The fraction of sp³-hybridized carbons (Fsp3) is 0.278. The van der Waals surface area contributed by atoms with E-state index in [9.17, 15) is 4.79 Å². The Hall–Kier alpha value is -1.22. The average Bonchev–Trinajstić information content (AvgIpc) is 2.70. The number of fused-ring (bicyclic) bond motifs is 1. The normalized spacial score (nSPS) is 20.7. The van der Waals surface area contributed by atoms with E-state index in [1.54, 1.807) is 11.9 Å². The van der Waals surface area contributed by atoms with Crippen molar-refractivity contribution in [1.82, 2.24) is 0 Å². The van der Waals surface area contributed by atoms with Crippen LogP contribution in [0.2, 0.25) is 0 Å². The van der Waals surface area contributed by atoms with Crippen LogP contribution in [0.1, 0.15) is 17.5 Å². The Morgan fingerprint density at radius 3 is 2.26 bits per heavy atom. The number of rotatable bonds is 3. The molecule has 120 valence electrons. The molecule has 0 bridgehead atoms. The van der Waals surface area contributed by atoms with Crippen LogP contribution in [0.15, 0.2) is 54.6 Å². The van der Waals surface area contributed by atoms with Gasteiger partial charge in [0.05, 0.1) is 5.41 Å². The molecule has 1 aliphatic rings. The molecule has 3 rings (SSSR count). The number of likely N-dealkylation sites (N-methyl/N-ethyl adjacent to an activating group) is 1. The van der Waals surface area contributed by atoms with Crippen LogP contribution >= 0.6 is 34.8 Å². The van der Waals surface area contributed by atoms with Crippen LogP contribution in [0.5, 0.6) is 0 Å². The number of hydrogen-bond acceptors (Lipinski definition) is 1. The summed E-state index contributed by atoms with van der Waals surface area (Å²) >= 11 is 18.3. The topological polar surface area (TPSA) is 20.3 Å². The molecule has 0 aromatic heterocycles. The third-order valence-electron chi connectivity index (χ3n) is 4.35. The quantitative estimate of drug-likeness (QED) is 0.705. The van der Waals surface area contributed by atoms with Gasteiger partial charge in [-0.15, -0.1) is 0 Å². The zero-order valence-electron chi connectivity index (χ0n) is 12.6. The lowest BCUT2D eigenvalue weighted by Crippen LogP contribution is -2.43. The molecule has 1 heterocycles. The second-order valence-electron chi connectivity index (χ2n) is 5.92. The van der Waals surface area contributed by atoms with Gasteiger partial charge in [0.2, 0.25) is 5.91 Å². The van der Waals surface area contributed by atoms with Crippen molar-refractivity contribution in [2.45, 2.75) is 22.0 Å². The number of anilines is 1. The Morgan fingerprint density at radius 2 is 1.61 bits per heavy atom. The Morgan fingerprint density at radius 1 is 1.00 bits per heavy atom. The molecule has 0 saturated heterocycles.